The molecule has 1 saturated heterocycles. The maximum absolute atomic E-state index is 14.1. The number of hydrogen-bond donors (Lipinski definition) is 3. The molecule has 2 bridgehead atoms. The fourth-order valence-electron chi connectivity index (χ4n) is 7.95. The van der Waals surface area contributed by atoms with Crippen LogP contribution in [0.1, 0.15) is 64.7 Å². The highest BCUT2D eigenvalue weighted by Crippen LogP contribution is 2.65. The third-order valence-corrected chi connectivity index (χ3v) is 10.4. The first-order valence-electron chi connectivity index (χ1n) is 13.5. The van der Waals surface area contributed by atoms with Gasteiger partial charge in [-0.05, 0) is 37.0 Å². The average Bonchev–Trinajstić information content (AvgIpc) is 2.87. The van der Waals surface area contributed by atoms with Gasteiger partial charge in [0.15, 0.2) is 11.4 Å². The largest absolute Gasteiger partial charge is 0.455 e. The smallest absolute Gasteiger partial charge is 0.338 e. The van der Waals surface area contributed by atoms with Crippen LogP contribution in [0.3, 0.4) is 0 Å². The summed E-state index contributed by atoms with van der Waals surface area (Å²) in [5.74, 6) is -3.31. The highest BCUT2D eigenvalue weighted by Gasteiger charge is 2.77. The summed E-state index contributed by atoms with van der Waals surface area (Å²) in [7, 11) is 0. The Morgan fingerprint density at radius 3 is 2.31 bits per heavy atom. The van der Waals surface area contributed by atoms with E-state index in [9.17, 15) is 29.7 Å². The molecule has 4 aliphatic rings. The number of aliphatic hydroxyl groups excluding tert-OH is 2. The van der Waals surface area contributed by atoms with E-state index < -0.39 is 70.1 Å². The molecule has 0 aromatic heterocycles. The van der Waals surface area contributed by atoms with Crippen LogP contribution in [0.25, 0.3) is 0 Å². The topological polar surface area (TPSA) is 140 Å². The maximum atomic E-state index is 14.1. The zero-order valence-electron chi connectivity index (χ0n) is 23.3. The van der Waals surface area contributed by atoms with E-state index in [0.717, 1.165) is 0 Å². The summed E-state index contributed by atoms with van der Waals surface area (Å²) < 4.78 is 18.1. The molecular weight excluding hydrogens is 504 g/mol. The number of carbonyl (C=O) groups is 3. The number of carbonyl (C=O) groups excluding carboxylic acids is 3. The molecule has 1 aromatic rings. The van der Waals surface area contributed by atoms with Crippen molar-refractivity contribution < 1.29 is 43.9 Å². The van der Waals surface area contributed by atoms with Crippen molar-refractivity contribution in [3.63, 3.8) is 0 Å². The lowest BCUT2D eigenvalue weighted by Gasteiger charge is -2.68. The summed E-state index contributed by atoms with van der Waals surface area (Å²) in [6.45, 7) is 9.77. The molecule has 1 aliphatic heterocycles. The number of ketones is 1. The molecule has 0 amide bonds. The van der Waals surface area contributed by atoms with E-state index in [1.165, 1.54) is 6.92 Å². The lowest BCUT2D eigenvalue weighted by molar-refractivity contribution is -0.351. The fourth-order valence-corrected chi connectivity index (χ4v) is 7.95. The molecule has 9 atom stereocenters. The zero-order valence-corrected chi connectivity index (χ0v) is 23.3. The second-order valence-corrected chi connectivity index (χ2v) is 12.6. The van der Waals surface area contributed by atoms with Crippen molar-refractivity contribution in [1.82, 2.24) is 0 Å². The minimum atomic E-state index is -1.97. The van der Waals surface area contributed by atoms with Gasteiger partial charge >= 0.3 is 11.9 Å². The average molecular weight is 543 g/mol. The summed E-state index contributed by atoms with van der Waals surface area (Å²) in [5.41, 5.74) is -5.26. The van der Waals surface area contributed by atoms with Crippen LogP contribution in [0.5, 0.6) is 0 Å². The Kier molecular flexibility index (Phi) is 6.42. The number of benzene rings is 1. The molecule has 2 saturated carbocycles. The van der Waals surface area contributed by atoms with Crippen molar-refractivity contribution in [1.29, 1.82) is 0 Å². The zero-order chi connectivity index (χ0) is 28.7. The predicted molar refractivity (Wildman–Crippen MR) is 138 cm³/mol. The number of Topliss-reactive ketones (excluding diaryl/α,β-unsaturated/α-hetero) is 1. The number of ether oxygens (including phenoxy) is 3. The Hall–Kier alpha value is -2.59. The van der Waals surface area contributed by atoms with Gasteiger partial charge in [-0.2, -0.15) is 0 Å². The Bertz CT molecular complexity index is 1240. The van der Waals surface area contributed by atoms with Crippen molar-refractivity contribution >= 4 is 17.7 Å². The van der Waals surface area contributed by atoms with Gasteiger partial charge in [0.2, 0.25) is 0 Å². The molecule has 9 nitrogen and oxygen atoms in total. The van der Waals surface area contributed by atoms with Crippen LogP contribution in [0.15, 0.2) is 41.5 Å². The molecule has 5 rings (SSSR count). The van der Waals surface area contributed by atoms with Crippen LogP contribution in [0, 0.1) is 22.7 Å². The van der Waals surface area contributed by atoms with Crippen molar-refractivity contribution in [2.75, 3.05) is 6.61 Å². The standard InChI is InChI=1S/C30H38O9/c1-15-12-20-29(14-37-20,39-17(3)31)23-25(38-26(35)18-10-8-7-9-11-18)30(36)13-19(32)16(2)21(27(30,4)5)22(33)24(34)28(15,23)6/h7-11,15,19-20,23-25,32,34,36H,12-14H2,1-6H3/t15-,19-,20+,23?,24+,25-,28+,29-,30+/m0/s1. The Balaban J connectivity index is 1.81. The number of esters is 2. The molecule has 1 unspecified atom stereocenters. The molecule has 1 aromatic carbocycles. The number of hydrogen-bond acceptors (Lipinski definition) is 9. The second kappa shape index (κ2) is 8.96. The molecule has 9 heteroatoms. The molecule has 1 heterocycles. The Labute approximate surface area is 228 Å². The quantitative estimate of drug-likeness (QED) is 0.491. The molecule has 3 N–H and O–H groups in total. The van der Waals surface area contributed by atoms with Gasteiger partial charge in [0.25, 0.3) is 0 Å². The Morgan fingerprint density at radius 2 is 1.74 bits per heavy atom. The molecular formula is C30H38O9. The van der Waals surface area contributed by atoms with Gasteiger partial charge in [-0.25, -0.2) is 4.79 Å². The van der Waals surface area contributed by atoms with Gasteiger partial charge in [0.1, 0.15) is 23.9 Å². The second-order valence-electron chi connectivity index (χ2n) is 12.6. The van der Waals surface area contributed by atoms with Gasteiger partial charge in [-0.1, -0.05) is 45.9 Å². The molecule has 3 fully saturated rings. The van der Waals surface area contributed by atoms with Crippen molar-refractivity contribution in [2.24, 2.45) is 22.7 Å². The Morgan fingerprint density at radius 1 is 1.10 bits per heavy atom. The van der Waals surface area contributed by atoms with Crippen molar-refractivity contribution in [3.05, 3.63) is 47.0 Å². The van der Waals surface area contributed by atoms with Crippen molar-refractivity contribution in [2.45, 2.75) is 90.0 Å². The van der Waals surface area contributed by atoms with Gasteiger partial charge in [0, 0.05) is 29.7 Å². The van der Waals surface area contributed by atoms with E-state index >= 15 is 0 Å². The summed E-state index contributed by atoms with van der Waals surface area (Å²) in [4.78, 5) is 40.3. The normalized spacial score (nSPS) is 42.7. The van der Waals surface area contributed by atoms with Gasteiger partial charge in [-0.3, -0.25) is 9.59 Å². The van der Waals surface area contributed by atoms with Crippen LogP contribution in [0.4, 0.5) is 0 Å². The van der Waals surface area contributed by atoms with E-state index in [4.69, 9.17) is 14.2 Å². The van der Waals surface area contributed by atoms with E-state index in [1.54, 1.807) is 58.0 Å². The highest BCUT2D eigenvalue weighted by molar-refractivity contribution is 6.02. The minimum absolute atomic E-state index is 0.0503. The maximum Gasteiger partial charge on any atom is 0.338 e. The third-order valence-electron chi connectivity index (χ3n) is 10.4. The summed E-state index contributed by atoms with van der Waals surface area (Å²) >= 11 is 0. The lowest BCUT2D eigenvalue weighted by Crippen LogP contribution is -2.81. The van der Waals surface area contributed by atoms with E-state index in [2.05, 4.69) is 0 Å². The minimum Gasteiger partial charge on any atom is -0.455 e. The SMILES string of the molecule is CC(=O)O[C@@]12CO[C@@H]1C[C@H](C)[C@]1(C)C2[C@H](OC(=O)c2ccccc2)[C@]2(O)C[C@H](O)C(C)=C(C(=O)[C@H]1O)C2(C)C. The fraction of sp³-hybridized carbons (Fsp3) is 0.633. The van der Waals surface area contributed by atoms with Crippen LogP contribution in [-0.4, -0.2) is 75.3 Å². The predicted octanol–water partition coefficient (Wildman–Crippen LogP) is 2.36. The first-order chi connectivity index (χ1) is 18.1. The van der Waals surface area contributed by atoms with Crippen LogP contribution in [-0.2, 0) is 23.8 Å². The first kappa shape index (κ1) is 28.0. The third kappa shape index (κ3) is 3.63. The molecule has 39 heavy (non-hydrogen) atoms. The van der Waals surface area contributed by atoms with Crippen LogP contribution in [0.2, 0.25) is 0 Å². The van der Waals surface area contributed by atoms with E-state index in [0.29, 0.717) is 12.0 Å². The summed E-state index contributed by atoms with van der Waals surface area (Å²) in [6, 6.07) is 8.31. The molecule has 212 valence electrons. The van der Waals surface area contributed by atoms with Crippen LogP contribution >= 0.6 is 0 Å². The molecule has 0 spiro atoms. The molecule has 3 aliphatic carbocycles. The monoisotopic (exact) mass is 542 g/mol. The lowest BCUT2D eigenvalue weighted by atomic mass is 9.43. The van der Waals surface area contributed by atoms with Gasteiger partial charge in [-0.15, -0.1) is 0 Å². The van der Waals surface area contributed by atoms with Gasteiger partial charge in [0.05, 0.1) is 24.2 Å². The van der Waals surface area contributed by atoms with Gasteiger partial charge < -0.3 is 29.5 Å². The van der Waals surface area contributed by atoms with E-state index in [-0.39, 0.29) is 30.1 Å². The number of aliphatic hydroxyl groups is 3. The summed E-state index contributed by atoms with van der Waals surface area (Å²) in [5, 5.41) is 35.8. The van der Waals surface area contributed by atoms with Crippen LogP contribution < -0.4 is 0 Å². The highest BCUT2D eigenvalue weighted by atomic mass is 16.6. The first-order valence-corrected chi connectivity index (χ1v) is 13.5. The molecule has 0 radical (unpaired) electrons. The summed E-state index contributed by atoms with van der Waals surface area (Å²) in [6.07, 6.45) is -4.65. The number of fused-ring (bicyclic) bond motifs is 5. The van der Waals surface area contributed by atoms with E-state index in [1.807, 2.05) is 6.92 Å². The van der Waals surface area contributed by atoms with Crippen molar-refractivity contribution in [3.8, 4) is 0 Å². The number of rotatable bonds is 3.